The van der Waals surface area contributed by atoms with Crippen molar-refractivity contribution >= 4 is 0 Å². The average Bonchev–Trinajstić information content (AvgIpc) is 2.77. The summed E-state index contributed by atoms with van der Waals surface area (Å²) in [5, 5.41) is 3.65. The fourth-order valence-corrected chi connectivity index (χ4v) is 3.45. The van der Waals surface area contributed by atoms with Crippen molar-refractivity contribution in [2.75, 3.05) is 13.7 Å². The molecular weight excluding hydrogens is 212 g/mol. The third kappa shape index (κ3) is 3.67. The number of rotatable bonds is 5. The number of nitrogens with two attached hydrogens (primary N) is 1. The minimum Gasteiger partial charge on any atom is -0.380 e. The summed E-state index contributed by atoms with van der Waals surface area (Å²) in [7, 11) is 1.83. The molecule has 0 aromatic carbocycles. The van der Waals surface area contributed by atoms with Crippen LogP contribution >= 0.6 is 0 Å². The molecule has 3 heteroatoms. The normalized spacial score (nSPS) is 32.8. The molecule has 2 rings (SSSR count). The van der Waals surface area contributed by atoms with E-state index in [9.17, 15) is 0 Å². The minimum absolute atomic E-state index is 0.117. The van der Waals surface area contributed by atoms with E-state index in [4.69, 9.17) is 10.5 Å². The van der Waals surface area contributed by atoms with Gasteiger partial charge in [-0.1, -0.05) is 19.3 Å². The van der Waals surface area contributed by atoms with Crippen LogP contribution in [0, 0.1) is 0 Å². The predicted octanol–water partition coefficient (Wildman–Crippen LogP) is 2.20. The van der Waals surface area contributed by atoms with E-state index >= 15 is 0 Å². The summed E-state index contributed by atoms with van der Waals surface area (Å²) in [5.74, 6) is 0. The Morgan fingerprint density at radius 3 is 2.65 bits per heavy atom. The third-order valence-electron chi connectivity index (χ3n) is 4.63. The van der Waals surface area contributed by atoms with E-state index in [-0.39, 0.29) is 5.54 Å². The zero-order chi connectivity index (χ0) is 12.1. The lowest BCUT2D eigenvalue weighted by molar-refractivity contribution is 0.0842. The molecule has 3 N–H and O–H groups in total. The molecule has 2 aliphatic carbocycles. The number of nitrogens with one attached hydrogen (secondary N) is 1. The molecule has 100 valence electrons. The SMILES string of the molecule is COC1CCCC1NCCC1(N)CCCCC1. The Bertz CT molecular complexity index is 226. The minimum atomic E-state index is 0.117. The molecule has 0 aliphatic heterocycles. The van der Waals surface area contributed by atoms with Gasteiger partial charge in [0.2, 0.25) is 0 Å². The van der Waals surface area contributed by atoms with Gasteiger partial charge in [0.1, 0.15) is 0 Å². The van der Waals surface area contributed by atoms with Crippen LogP contribution in [0.25, 0.3) is 0 Å². The molecule has 0 saturated heterocycles. The van der Waals surface area contributed by atoms with E-state index in [1.165, 1.54) is 51.4 Å². The summed E-state index contributed by atoms with van der Waals surface area (Å²) in [6, 6.07) is 0.562. The van der Waals surface area contributed by atoms with E-state index < -0.39 is 0 Å². The molecule has 0 aromatic rings. The van der Waals surface area contributed by atoms with E-state index in [0.717, 1.165) is 13.0 Å². The van der Waals surface area contributed by atoms with Crippen LogP contribution in [0.15, 0.2) is 0 Å². The maximum atomic E-state index is 6.44. The standard InChI is InChI=1S/C14H28N2O/c1-17-13-7-5-6-12(13)16-11-10-14(15)8-3-2-4-9-14/h12-13,16H,2-11,15H2,1H3. The maximum Gasteiger partial charge on any atom is 0.0724 e. The smallest absolute Gasteiger partial charge is 0.0724 e. The molecule has 2 fully saturated rings. The highest BCUT2D eigenvalue weighted by atomic mass is 16.5. The van der Waals surface area contributed by atoms with Gasteiger partial charge in [-0.05, 0) is 45.1 Å². The monoisotopic (exact) mass is 240 g/mol. The van der Waals surface area contributed by atoms with Gasteiger partial charge in [0.25, 0.3) is 0 Å². The summed E-state index contributed by atoms with van der Waals surface area (Å²) in [6.07, 6.45) is 11.8. The molecule has 2 atom stereocenters. The topological polar surface area (TPSA) is 47.3 Å². The Kier molecular flexibility index (Phi) is 4.83. The van der Waals surface area contributed by atoms with Crippen molar-refractivity contribution < 1.29 is 4.74 Å². The van der Waals surface area contributed by atoms with Crippen molar-refractivity contribution in [3.63, 3.8) is 0 Å². The van der Waals surface area contributed by atoms with Gasteiger partial charge in [-0.3, -0.25) is 0 Å². The largest absolute Gasteiger partial charge is 0.380 e. The van der Waals surface area contributed by atoms with Crippen molar-refractivity contribution in [3.05, 3.63) is 0 Å². The van der Waals surface area contributed by atoms with Crippen LogP contribution in [0.4, 0.5) is 0 Å². The Balaban J connectivity index is 1.68. The van der Waals surface area contributed by atoms with Crippen LogP contribution in [-0.4, -0.2) is 31.3 Å². The summed E-state index contributed by atoms with van der Waals surface area (Å²) in [6.45, 7) is 1.06. The number of ether oxygens (including phenoxy) is 1. The van der Waals surface area contributed by atoms with Gasteiger partial charge in [-0.2, -0.15) is 0 Å². The molecule has 17 heavy (non-hydrogen) atoms. The first kappa shape index (κ1) is 13.3. The number of methoxy groups -OCH3 is 1. The molecule has 0 spiro atoms. The highest BCUT2D eigenvalue weighted by Gasteiger charge is 2.29. The lowest BCUT2D eigenvalue weighted by Crippen LogP contribution is -2.46. The average molecular weight is 240 g/mol. The zero-order valence-electron chi connectivity index (χ0n) is 11.2. The molecule has 3 nitrogen and oxygen atoms in total. The van der Waals surface area contributed by atoms with Gasteiger partial charge in [-0.25, -0.2) is 0 Å². The van der Waals surface area contributed by atoms with Gasteiger partial charge in [-0.15, -0.1) is 0 Å². The van der Waals surface area contributed by atoms with Crippen molar-refractivity contribution in [3.8, 4) is 0 Å². The Morgan fingerprint density at radius 2 is 1.94 bits per heavy atom. The van der Waals surface area contributed by atoms with Crippen LogP contribution in [-0.2, 0) is 4.74 Å². The lowest BCUT2D eigenvalue weighted by Gasteiger charge is -2.34. The van der Waals surface area contributed by atoms with Gasteiger partial charge in [0.15, 0.2) is 0 Å². The van der Waals surface area contributed by atoms with Crippen molar-refractivity contribution in [1.29, 1.82) is 0 Å². The van der Waals surface area contributed by atoms with Gasteiger partial charge >= 0.3 is 0 Å². The van der Waals surface area contributed by atoms with Gasteiger partial charge in [0, 0.05) is 18.7 Å². The van der Waals surface area contributed by atoms with E-state index in [1.807, 2.05) is 7.11 Å². The van der Waals surface area contributed by atoms with Crippen LogP contribution < -0.4 is 11.1 Å². The molecule has 0 aromatic heterocycles. The fourth-order valence-electron chi connectivity index (χ4n) is 3.45. The fraction of sp³-hybridized carbons (Fsp3) is 1.00. The lowest BCUT2D eigenvalue weighted by atomic mass is 9.80. The zero-order valence-corrected chi connectivity index (χ0v) is 11.2. The summed E-state index contributed by atoms with van der Waals surface area (Å²) < 4.78 is 5.50. The predicted molar refractivity (Wildman–Crippen MR) is 71.1 cm³/mol. The molecule has 0 radical (unpaired) electrons. The van der Waals surface area contributed by atoms with Crippen molar-refractivity contribution in [2.24, 2.45) is 5.73 Å². The van der Waals surface area contributed by atoms with E-state index in [1.54, 1.807) is 0 Å². The van der Waals surface area contributed by atoms with Crippen LogP contribution in [0.3, 0.4) is 0 Å². The first-order chi connectivity index (χ1) is 8.23. The highest BCUT2D eigenvalue weighted by Crippen LogP contribution is 2.28. The Hall–Kier alpha value is -0.120. The van der Waals surface area contributed by atoms with Crippen LogP contribution in [0.1, 0.15) is 57.8 Å². The Labute approximate surface area is 105 Å². The van der Waals surface area contributed by atoms with Crippen LogP contribution in [0.5, 0.6) is 0 Å². The van der Waals surface area contributed by atoms with E-state index in [2.05, 4.69) is 5.32 Å². The molecule has 0 amide bonds. The maximum absolute atomic E-state index is 6.44. The third-order valence-corrected chi connectivity index (χ3v) is 4.63. The van der Waals surface area contributed by atoms with Gasteiger partial charge in [0.05, 0.1) is 6.10 Å². The second kappa shape index (κ2) is 6.17. The quantitative estimate of drug-likeness (QED) is 0.774. The van der Waals surface area contributed by atoms with E-state index in [0.29, 0.717) is 12.1 Å². The summed E-state index contributed by atoms with van der Waals surface area (Å²) >= 11 is 0. The molecule has 2 saturated carbocycles. The molecular formula is C14H28N2O. The molecule has 2 aliphatic rings. The Morgan fingerprint density at radius 1 is 1.18 bits per heavy atom. The molecule has 0 bridgehead atoms. The molecule has 0 heterocycles. The summed E-state index contributed by atoms with van der Waals surface area (Å²) in [4.78, 5) is 0. The van der Waals surface area contributed by atoms with Crippen LogP contribution in [0.2, 0.25) is 0 Å². The van der Waals surface area contributed by atoms with Crippen molar-refractivity contribution in [2.45, 2.75) is 75.5 Å². The summed E-state index contributed by atoms with van der Waals surface area (Å²) in [5.41, 5.74) is 6.56. The first-order valence-electron chi connectivity index (χ1n) is 7.29. The number of hydrogen-bond acceptors (Lipinski definition) is 3. The number of hydrogen-bond donors (Lipinski definition) is 2. The second-order valence-corrected chi connectivity index (χ2v) is 5.94. The molecule has 2 unspecified atom stereocenters. The van der Waals surface area contributed by atoms with Gasteiger partial charge < -0.3 is 15.8 Å². The highest BCUT2D eigenvalue weighted by molar-refractivity contribution is 4.89. The first-order valence-corrected chi connectivity index (χ1v) is 7.29. The second-order valence-electron chi connectivity index (χ2n) is 5.94. The van der Waals surface area contributed by atoms with Crippen molar-refractivity contribution in [1.82, 2.24) is 5.32 Å².